The van der Waals surface area contributed by atoms with Gasteiger partial charge in [-0.1, -0.05) is 47.9 Å². The zero-order chi connectivity index (χ0) is 22.8. The number of aliphatic hydroxyl groups excluding tert-OH is 4. The highest BCUT2D eigenvalue weighted by Crippen LogP contribution is 2.39. The summed E-state index contributed by atoms with van der Waals surface area (Å²) in [7, 11) is 1.60. The van der Waals surface area contributed by atoms with E-state index in [9.17, 15) is 25.5 Å². The maximum atomic E-state index is 11.1. The number of benzene rings is 2. The number of ether oxygens (including phenoxy) is 2. The molecule has 0 saturated carbocycles. The van der Waals surface area contributed by atoms with Gasteiger partial charge >= 0.3 is 0 Å². The predicted molar refractivity (Wildman–Crippen MR) is 113 cm³/mol. The van der Waals surface area contributed by atoms with Crippen LogP contribution in [0.2, 0.25) is 5.02 Å². The molecule has 1 aliphatic heterocycles. The fourth-order valence-electron chi connectivity index (χ4n) is 3.72. The molecule has 8 heteroatoms. The first-order valence-corrected chi connectivity index (χ1v) is 10.0. The minimum Gasteiger partial charge on any atom is -0.394 e. The highest BCUT2D eigenvalue weighted by Gasteiger charge is 2.53. The topological polar surface area (TPSA) is 120 Å². The second-order valence-corrected chi connectivity index (χ2v) is 7.88. The maximum Gasteiger partial charge on any atom is 0.222 e. The van der Waals surface area contributed by atoms with Gasteiger partial charge < -0.3 is 35.0 Å². The van der Waals surface area contributed by atoms with Crippen molar-refractivity contribution >= 4 is 11.6 Å². The summed E-state index contributed by atoms with van der Waals surface area (Å²) in [5.74, 6) is -0.281. The third kappa shape index (κ3) is 4.48. The lowest BCUT2D eigenvalue weighted by molar-refractivity contribution is -0.357. The number of terminal acetylenes is 1. The number of aliphatic hydroxyl groups is 5. The fourth-order valence-corrected chi connectivity index (χ4v) is 3.95. The van der Waals surface area contributed by atoms with E-state index in [1.807, 2.05) is 24.3 Å². The summed E-state index contributed by atoms with van der Waals surface area (Å²) in [5.41, 5.74) is 2.30. The lowest BCUT2D eigenvalue weighted by Gasteiger charge is -2.45. The summed E-state index contributed by atoms with van der Waals surface area (Å²) in [5, 5.41) is 51.4. The normalized spacial score (nSPS) is 29.4. The van der Waals surface area contributed by atoms with Crippen LogP contribution in [0.5, 0.6) is 0 Å². The van der Waals surface area contributed by atoms with Crippen LogP contribution < -0.4 is 0 Å². The highest BCUT2D eigenvalue weighted by atomic mass is 35.5. The Morgan fingerprint density at radius 1 is 1.16 bits per heavy atom. The Bertz CT molecular complexity index is 940. The standard InChI is InChI=1S/C23H25ClO7/c1-3-16(14-6-4-13(5-7-14)12-30-2)17-10-15(8-9-18(17)24)23(29)22(28)21(27)20(26)19(11-25)31-23/h1,4-10,16,19-22,25-29H,11-12H2,2H3/t16?,19-,20-,21+,22-,23+/m1/s1. The second-order valence-electron chi connectivity index (χ2n) is 7.47. The van der Waals surface area contributed by atoms with Crippen molar-refractivity contribution in [3.05, 3.63) is 69.7 Å². The van der Waals surface area contributed by atoms with Crippen molar-refractivity contribution < 1.29 is 35.0 Å². The molecule has 0 amide bonds. The van der Waals surface area contributed by atoms with Crippen molar-refractivity contribution in [2.75, 3.05) is 13.7 Å². The van der Waals surface area contributed by atoms with E-state index in [4.69, 9.17) is 27.5 Å². The van der Waals surface area contributed by atoms with Crippen molar-refractivity contribution in [3.63, 3.8) is 0 Å². The molecule has 0 bridgehead atoms. The van der Waals surface area contributed by atoms with E-state index in [2.05, 4.69) is 5.92 Å². The minimum atomic E-state index is -2.40. The number of rotatable bonds is 6. The Labute approximate surface area is 185 Å². The average Bonchev–Trinajstić information content (AvgIpc) is 2.78. The van der Waals surface area contributed by atoms with E-state index in [1.54, 1.807) is 7.11 Å². The summed E-state index contributed by atoms with van der Waals surface area (Å²) < 4.78 is 10.5. The van der Waals surface area contributed by atoms with Gasteiger partial charge in [0.1, 0.15) is 24.4 Å². The predicted octanol–water partition coefficient (Wildman–Crippen LogP) is 0.870. The van der Waals surface area contributed by atoms with E-state index in [-0.39, 0.29) is 5.56 Å². The lowest BCUT2D eigenvalue weighted by Crippen LogP contribution is -2.63. The third-order valence-corrected chi connectivity index (χ3v) is 5.82. The Morgan fingerprint density at radius 3 is 2.42 bits per heavy atom. The van der Waals surface area contributed by atoms with Crippen molar-refractivity contribution in [2.24, 2.45) is 0 Å². The Morgan fingerprint density at radius 2 is 1.84 bits per heavy atom. The van der Waals surface area contributed by atoms with E-state index in [1.165, 1.54) is 18.2 Å². The second kappa shape index (κ2) is 9.65. The first kappa shape index (κ1) is 23.7. The van der Waals surface area contributed by atoms with Gasteiger partial charge in [0.25, 0.3) is 0 Å². The highest BCUT2D eigenvalue weighted by molar-refractivity contribution is 6.31. The van der Waals surface area contributed by atoms with Crippen LogP contribution in [-0.2, 0) is 21.9 Å². The smallest absolute Gasteiger partial charge is 0.222 e. The van der Waals surface area contributed by atoms with Gasteiger partial charge in [0.2, 0.25) is 5.79 Å². The van der Waals surface area contributed by atoms with Crippen LogP contribution >= 0.6 is 11.6 Å². The Balaban J connectivity index is 2.01. The molecular formula is C23H25ClO7. The average molecular weight is 449 g/mol. The molecule has 1 saturated heterocycles. The molecule has 2 aromatic rings. The van der Waals surface area contributed by atoms with Crippen LogP contribution in [0, 0.1) is 12.3 Å². The molecule has 1 aliphatic rings. The summed E-state index contributed by atoms with van der Waals surface area (Å²) in [6.45, 7) is -0.214. The summed E-state index contributed by atoms with van der Waals surface area (Å²) >= 11 is 6.40. The number of hydrogen-bond donors (Lipinski definition) is 5. The van der Waals surface area contributed by atoms with Gasteiger partial charge in [-0.25, -0.2) is 0 Å². The first-order chi connectivity index (χ1) is 14.8. The molecule has 31 heavy (non-hydrogen) atoms. The summed E-state index contributed by atoms with van der Waals surface area (Å²) in [6.07, 6.45) is -0.708. The SMILES string of the molecule is C#CC(c1ccc(COC)cc1)c1cc([C@]2(O)O[C@H](CO)[C@@H](O)[C@H](O)[C@H]2O)ccc1Cl. The number of halogens is 1. The molecule has 3 rings (SSSR count). The molecule has 0 aliphatic carbocycles. The Kier molecular flexibility index (Phi) is 7.37. The summed E-state index contributed by atoms with van der Waals surface area (Å²) in [4.78, 5) is 0. The quantitative estimate of drug-likeness (QED) is 0.416. The van der Waals surface area contributed by atoms with E-state index in [0.29, 0.717) is 17.2 Å². The van der Waals surface area contributed by atoms with Gasteiger partial charge in [-0.15, -0.1) is 6.42 Å². The van der Waals surface area contributed by atoms with Gasteiger partial charge in [0.05, 0.1) is 19.1 Å². The molecule has 1 unspecified atom stereocenters. The van der Waals surface area contributed by atoms with E-state index in [0.717, 1.165) is 11.1 Å². The van der Waals surface area contributed by atoms with E-state index < -0.39 is 42.7 Å². The van der Waals surface area contributed by atoms with Gasteiger partial charge in [-0.05, 0) is 28.8 Å². The molecule has 2 aromatic carbocycles. The van der Waals surface area contributed by atoms with E-state index >= 15 is 0 Å². The lowest BCUT2D eigenvalue weighted by atomic mass is 9.85. The number of hydrogen-bond acceptors (Lipinski definition) is 7. The van der Waals surface area contributed by atoms with Gasteiger partial charge in [-0.3, -0.25) is 0 Å². The molecule has 1 heterocycles. The first-order valence-electron chi connectivity index (χ1n) is 9.65. The molecule has 1 fully saturated rings. The van der Waals surface area contributed by atoms with Crippen LogP contribution in [-0.4, -0.2) is 63.7 Å². The minimum absolute atomic E-state index is 0.0695. The summed E-state index contributed by atoms with van der Waals surface area (Å²) in [6, 6.07) is 11.9. The molecule has 166 valence electrons. The van der Waals surface area contributed by atoms with Crippen molar-refractivity contribution in [1.29, 1.82) is 0 Å². The fraction of sp³-hybridized carbons (Fsp3) is 0.391. The van der Waals surface area contributed by atoms with Crippen molar-refractivity contribution in [3.8, 4) is 12.3 Å². The van der Waals surface area contributed by atoms with Crippen LogP contribution in [0.25, 0.3) is 0 Å². The third-order valence-electron chi connectivity index (χ3n) is 5.48. The number of methoxy groups -OCH3 is 1. The van der Waals surface area contributed by atoms with Crippen LogP contribution in [0.15, 0.2) is 42.5 Å². The zero-order valence-electron chi connectivity index (χ0n) is 16.9. The molecule has 0 spiro atoms. The molecular weight excluding hydrogens is 424 g/mol. The molecule has 0 aromatic heterocycles. The van der Waals surface area contributed by atoms with Gasteiger partial charge in [-0.2, -0.15) is 0 Å². The van der Waals surface area contributed by atoms with Crippen molar-refractivity contribution in [1.82, 2.24) is 0 Å². The zero-order valence-corrected chi connectivity index (χ0v) is 17.6. The largest absolute Gasteiger partial charge is 0.394 e. The van der Waals surface area contributed by atoms with Crippen LogP contribution in [0.4, 0.5) is 0 Å². The van der Waals surface area contributed by atoms with Gasteiger partial charge in [0.15, 0.2) is 0 Å². The van der Waals surface area contributed by atoms with Crippen LogP contribution in [0.3, 0.4) is 0 Å². The molecule has 6 atom stereocenters. The van der Waals surface area contributed by atoms with Crippen molar-refractivity contribution in [2.45, 2.75) is 42.7 Å². The molecule has 0 radical (unpaired) electrons. The van der Waals surface area contributed by atoms with Crippen LogP contribution in [0.1, 0.15) is 28.2 Å². The van der Waals surface area contributed by atoms with Gasteiger partial charge in [0, 0.05) is 17.7 Å². The Hall–Kier alpha value is -1.99. The molecule has 5 N–H and O–H groups in total. The monoisotopic (exact) mass is 448 g/mol. The molecule has 7 nitrogen and oxygen atoms in total. The maximum absolute atomic E-state index is 11.1.